The molecule has 0 radical (unpaired) electrons. The molecule has 4 nitrogen and oxygen atoms in total. The molecule has 0 amide bonds. The van der Waals surface area contributed by atoms with Gasteiger partial charge in [0.1, 0.15) is 5.82 Å². The fourth-order valence-electron chi connectivity index (χ4n) is 2.22. The molecule has 0 bridgehead atoms. The highest BCUT2D eigenvalue weighted by Crippen LogP contribution is 2.29. The van der Waals surface area contributed by atoms with Crippen LogP contribution in [0.3, 0.4) is 0 Å². The Morgan fingerprint density at radius 3 is 2.70 bits per heavy atom. The van der Waals surface area contributed by atoms with Crippen molar-refractivity contribution in [3.05, 3.63) is 52.5 Å². The number of hydrogen-bond acceptors (Lipinski definition) is 4. The highest BCUT2D eigenvalue weighted by molar-refractivity contribution is 6.35. The van der Waals surface area contributed by atoms with Gasteiger partial charge in [-0.3, -0.25) is 0 Å². The third kappa shape index (κ3) is 3.66. The predicted octanol–water partition coefficient (Wildman–Crippen LogP) is 5.50. The summed E-state index contributed by atoms with van der Waals surface area (Å²) in [4.78, 5) is 9.12. The number of hydrogen-bond donors (Lipinski definition) is 2. The van der Waals surface area contributed by atoms with E-state index in [4.69, 9.17) is 23.2 Å². The largest absolute Gasteiger partial charge is 0.369 e. The molecule has 118 valence electrons. The van der Waals surface area contributed by atoms with E-state index in [1.807, 2.05) is 24.3 Å². The number of benzene rings is 2. The number of nitrogens with zero attached hydrogens (tertiary/aromatic N) is 2. The fourth-order valence-corrected chi connectivity index (χ4v) is 2.56. The monoisotopic (exact) mass is 346 g/mol. The predicted molar refractivity (Wildman–Crippen MR) is 98.1 cm³/mol. The number of nitrogens with one attached hydrogen (secondary N) is 2. The molecule has 0 aliphatic carbocycles. The molecule has 0 aliphatic heterocycles. The molecule has 0 saturated carbocycles. The van der Waals surface area contributed by atoms with Gasteiger partial charge < -0.3 is 10.6 Å². The van der Waals surface area contributed by atoms with Crippen LogP contribution in [0.15, 0.2) is 42.5 Å². The molecule has 6 heteroatoms. The van der Waals surface area contributed by atoms with E-state index in [9.17, 15) is 0 Å². The van der Waals surface area contributed by atoms with Gasteiger partial charge in [-0.25, -0.2) is 4.98 Å². The Kier molecular flexibility index (Phi) is 4.84. The van der Waals surface area contributed by atoms with Gasteiger partial charge in [-0.15, -0.1) is 0 Å². The normalized spacial score (nSPS) is 10.7. The van der Waals surface area contributed by atoms with Crippen LogP contribution < -0.4 is 10.6 Å². The lowest BCUT2D eigenvalue weighted by molar-refractivity contribution is 0.970. The second kappa shape index (κ2) is 7.02. The lowest BCUT2D eigenvalue weighted by atomic mass is 10.2. The molecule has 3 rings (SSSR count). The first-order chi connectivity index (χ1) is 11.2. The van der Waals surface area contributed by atoms with Crippen molar-refractivity contribution in [1.82, 2.24) is 9.97 Å². The van der Waals surface area contributed by atoms with Gasteiger partial charge >= 0.3 is 0 Å². The molecule has 0 atom stereocenters. The molecule has 2 N–H and O–H groups in total. The third-order valence-corrected chi connectivity index (χ3v) is 3.89. The van der Waals surface area contributed by atoms with Crippen molar-refractivity contribution < 1.29 is 0 Å². The Morgan fingerprint density at radius 2 is 1.87 bits per heavy atom. The zero-order chi connectivity index (χ0) is 16.2. The lowest BCUT2D eigenvalue weighted by Gasteiger charge is -2.12. The summed E-state index contributed by atoms with van der Waals surface area (Å²) in [5.74, 6) is 1.28. The molecule has 23 heavy (non-hydrogen) atoms. The minimum absolute atomic E-state index is 0.478. The van der Waals surface area contributed by atoms with Crippen LogP contribution in [0.5, 0.6) is 0 Å². The molecule has 1 aromatic heterocycles. The Morgan fingerprint density at radius 1 is 1.04 bits per heavy atom. The summed E-state index contributed by atoms with van der Waals surface area (Å²) in [6.07, 6.45) is 1.02. The van der Waals surface area contributed by atoms with Crippen molar-refractivity contribution in [2.75, 3.05) is 17.2 Å². The average molecular weight is 347 g/mol. The maximum absolute atomic E-state index is 6.20. The fraction of sp³-hybridized carbons (Fsp3) is 0.176. The molecular formula is C17H16Cl2N4. The lowest BCUT2D eigenvalue weighted by Crippen LogP contribution is -2.06. The van der Waals surface area contributed by atoms with Gasteiger partial charge in [0.15, 0.2) is 0 Å². The number of anilines is 3. The van der Waals surface area contributed by atoms with Crippen molar-refractivity contribution in [3.8, 4) is 0 Å². The first-order valence-corrected chi connectivity index (χ1v) is 8.15. The van der Waals surface area contributed by atoms with Crippen LogP contribution in [0, 0.1) is 0 Å². The molecule has 3 aromatic rings. The van der Waals surface area contributed by atoms with E-state index < -0.39 is 0 Å². The van der Waals surface area contributed by atoms with Crippen LogP contribution in [0.4, 0.5) is 17.5 Å². The number of fused-ring (bicyclic) bond motifs is 1. The molecule has 0 spiro atoms. The Labute approximate surface area is 144 Å². The average Bonchev–Trinajstić information content (AvgIpc) is 2.56. The second-order valence-corrected chi connectivity index (χ2v) is 5.93. The maximum atomic E-state index is 6.20. The van der Waals surface area contributed by atoms with Crippen molar-refractivity contribution >= 4 is 51.6 Å². The minimum atomic E-state index is 0.478. The highest BCUT2D eigenvalue weighted by Gasteiger charge is 2.09. The number of para-hydroxylation sites is 1. The van der Waals surface area contributed by atoms with Gasteiger partial charge in [0.25, 0.3) is 0 Å². The van der Waals surface area contributed by atoms with Gasteiger partial charge in [-0.2, -0.15) is 4.98 Å². The second-order valence-electron chi connectivity index (χ2n) is 5.09. The van der Waals surface area contributed by atoms with Crippen LogP contribution in [0.1, 0.15) is 13.3 Å². The molecule has 0 aliphatic rings. The van der Waals surface area contributed by atoms with E-state index >= 15 is 0 Å². The van der Waals surface area contributed by atoms with Crippen LogP contribution in [0.25, 0.3) is 10.9 Å². The Balaban J connectivity index is 2.02. The summed E-state index contributed by atoms with van der Waals surface area (Å²) < 4.78 is 0. The van der Waals surface area contributed by atoms with E-state index in [1.54, 1.807) is 18.2 Å². The van der Waals surface area contributed by atoms with E-state index in [0.717, 1.165) is 29.7 Å². The SMILES string of the molecule is CCCNc1nc(Nc2cc(Cl)ccc2Cl)nc2ccccc12. The molecule has 1 heterocycles. The van der Waals surface area contributed by atoms with Crippen molar-refractivity contribution in [2.45, 2.75) is 13.3 Å². The minimum Gasteiger partial charge on any atom is -0.369 e. The Hall–Kier alpha value is -2.04. The summed E-state index contributed by atoms with van der Waals surface area (Å²) in [6.45, 7) is 2.96. The zero-order valence-electron chi connectivity index (χ0n) is 12.6. The van der Waals surface area contributed by atoms with Gasteiger partial charge in [0.2, 0.25) is 5.95 Å². The van der Waals surface area contributed by atoms with E-state index in [-0.39, 0.29) is 0 Å². The van der Waals surface area contributed by atoms with Crippen LogP contribution in [0.2, 0.25) is 10.0 Å². The van der Waals surface area contributed by atoms with Gasteiger partial charge in [-0.1, -0.05) is 42.3 Å². The smallest absolute Gasteiger partial charge is 0.229 e. The first-order valence-electron chi connectivity index (χ1n) is 7.40. The third-order valence-electron chi connectivity index (χ3n) is 3.32. The number of rotatable bonds is 5. The highest BCUT2D eigenvalue weighted by atomic mass is 35.5. The van der Waals surface area contributed by atoms with E-state index in [2.05, 4.69) is 27.5 Å². The summed E-state index contributed by atoms with van der Waals surface area (Å²) in [5, 5.41) is 8.64. The molecule has 0 saturated heterocycles. The molecule has 0 unspecified atom stereocenters. The topological polar surface area (TPSA) is 49.8 Å². The maximum Gasteiger partial charge on any atom is 0.229 e. The van der Waals surface area contributed by atoms with Crippen LogP contribution in [-0.2, 0) is 0 Å². The summed E-state index contributed by atoms with van der Waals surface area (Å²) in [5.41, 5.74) is 1.54. The Bertz CT molecular complexity index is 836. The first kappa shape index (κ1) is 15.8. The molecular weight excluding hydrogens is 331 g/mol. The summed E-state index contributed by atoms with van der Waals surface area (Å²) >= 11 is 12.2. The quantitative estimate of drug-likeness (QED) is 0.640. The van der Waals surface area contributed by atoms with Crippen molar-refractivity contribution in [3.63, 3.8) is 0 Å². The van der Waals surface area contributed by atoms with Crippen LogP contribution >= 0.6 is 23.2 Å². The standard InChI is InChI=1S/C17H16Cl2N4/c1-2-9-20-16-12-5-3-4-6-14(12)21-17(23-16)22-15-10-11(18)7-8-13(15)19/h3-8,10H,2,9H2,1H3,(H2,20,21,22,23). The van der Waals surface area contributed by atoms with E-state index in [0.29, 0.717) is 21.7 Å². The van der Waals surface area contributed by atoms with Crippen LogP contribution in [-0.4, -0.2) is 16.5 Å². The van der Waals surface area contributed by atoms with Gasteiger partial charge in [-0.05, 0) is 36.8 Å². The molecule has 0 fully saturated rings. The van der Waals surface area contributed by atoms with Crippen molar-refractivity contribution in [1.29, 1.82) is 0 Å². The van der Waals surface area contributed by atoms with Gasteiger partial charge in [0.05, 0.1) is 16.2 Å². The summed E-state index contributed by atoms with van der Waals surface area (Å²) in [7, 11) is 0. The number of halogens is 2. The van der Waals surface area contributed by atoms with Crippen molar-refractivity contribution in [2.24, 2.45) is 0 Å². The summed E-state index contributed by atoms with van der Waals surface area (Å²) in [6, 6.07) is 13.1. The number of aromatic nitrogens is 2. The zero-order valence-corrected chi connectivity index (χ0v) is 14.1. The van der Waals surface area contributed by atoms with E-state index in [1.165, 1.54) is 0 Å². The van der Waals surface area contributed by atoms with Gasteiger partial charge in [0, 0.05) is 17.0 Å². The molecule has 2 aromatic carbocycles.